The number of hydrogen-bond acceptors (Lipinski definition) is 2. The number of nitrogen functional groups attached to an aromatic ring is 1. The molecule has 0 aromatic heterocycles. The maximum absolute atomic E-state index is 12.6. The monoisotopic (exact) mass is 324 g/mol. The summed E-state index contributed by atoms with van der Waals surface area (Å²) in [5.74, 6) is 0.115. The lowest BCUT2D eigenvalue weighted by atomic mass is 9.82. The molecule has 1 aliphatic carbocycles. The summed E-state index contributed by atoms with van der Waals surface area (Å²) in [5, 5.41) is 3.03. The summed E-state index contributed by atoms with van der Waals surface area (Å²) in [7, 11) is 0. The van der Waals surface area contributed by atoms with Crippen molar-refractivity contribution in [3.05, 3.63) is 22.2 Å². The molecule has 0 aliphatic heterocycles. The van der Waals surface area contributed by atoms with E-state index in [-0.39, 0.29) is 11.3 Å². The fraction of sp³-hybridized carbons (Fsp3) is 0.533. The summed E-state index contributed by atoms with van der Waals surface area (Å²) >= 11 is 3.48. The van der Waals surface area contributed by atoms with E-state index in [0.717, 1.165) is 42.1 Å². The molecule has 0 bridgehead atoms. The van der Waals surface area contributed by atoms with Gasteiger partial charge in [0, 0.05) is 9.89 Å². The van der Waals surface area contributed by atoms with Crippen molar-refractivity contribution in [2.45, 2.75) is 46.0 Å². The van der Waals surface area contributed by atoms with Gasteiger partial charge in [-0.15, -0.1) is 0 Å². The van der Waals surface area contributed by atoms with Gasteiger partial charge in [-0.25, -0.2) is 0 Å². The molecule has 0 atom stereocenters. The lowest BCUT2D eigenvalue weighted by molar-refractivity contribution is -0.125. The van der Waals surface area contributed by atoms with E-state index in [1.165, 1.54) is 0 Å². The fourth-order valence-corrected chi connectivity index (χ4v) is 3.63. The van der Waals surface area contributed by atoms with Gasteiger partial charge in [-0.3, -0.25) is 4.79 Å². The number of halogens is 1. The molecule has 4 heteroatoms. The molecule has 104 valence electrons. The van der Waals surface area contributed by atoms with Crippen molar-refractivity contribution in [1.82, 2.24) is 0 Å². The Morgan fingerprint density at radius 3 is 2.58 bits per heavy atom. The number of nitrogens with two attached hydrogens (primary N) is 1. The Bertz CT molecular complexity index is 470. The van der Waals surface area contributed by atoms with E-state index < -0.39 is 0 Å². The summed E-state index contributed by atoms with van der Waals surface area (Å²) < 4.78 is 0.850. The highest BCUT2D eigenvalue weighted by Crippen LogP contribution is 2.42. The largest absolute Gasteiger partial charge is 0.397 e. The molecule has 1 amide bonds. The summed E-state index contributed by atoms with van der Waals surface area (Å²) in [6.45, 7) is 4.08. The smallest absolute Gasteiger partial charge is 0.230 e. The molecule has 3 N–H and O–H groups in total. The predicted molar refractivity (Wildman–Crippen MR) is 83.1 cm³/mol. The van der Waals surface area contributed by atoms with Crippen LogP contribution in [0.15, 0.2) is 16.6 Å². The van der Waals surface area contributed by atoms with Crippen molar-refractivity contribution in [2.24, 2.45) is 5.41 Å². The molecule has 1 aromatic rings. The van der Waals surface area contributed by atoms with Crippen LogP contribution in [0.4, 0.5) is 11.4 Å². The first-order valence-corrected chi connectivity index (χ1v) is 7.65. The number of benzene rings is 1. The second-order valence-electron chi connectivity index (χ2n) is 5.51. The van der Waals surface area contributed by atoms with Gasteiger partial charge in [-0.2, -0.15) is 0 Å². The van der Waals surface area contributed by atoms with Gasteiger partial charge in [-0.05, 0) is 59.8 Å². The average molecular weight is 325 g/mol. The molecule has 2 rings (SSSR count). The molecule has 1 aliphatic rings. The Kier molecular flexibility index (Phi) is 4.19. The number of carbonyl (C=O) groups excluding carboxylic acids is 1. The highest BCUT2D eigenvalue weighted by atomic mass is 79.9. The van der Waals surface area contributed by atoms with Gasteiger partial charge in [-0.1, -0.05) is 19.8 Å². The zero-order chi connectivity index (χ0) is 14.0. The number of amides is 1. The third-order valence-electron chi connectivity index (χ3n) is 4.22. The second-order valence-corrected chi connectivity index (χ2v) is 6.36. The molecule has 0 spiro atoms. The molecule has 1 fully saturated rings. The highest BCUT2D eigenvalue weighted by molar-refractivity contribution is 9.10. The first kappa shape index (κ1) is 14.4. The van der Waals surface area contributed by atoms with Gasteiger partial charge in [0.15, 0.2) is 0 Å². The van der Waals surface area contributed by atoms with E-state index in [1.54, 1.807) is 0 Å². The van der Waals surface area contributed by atoms with Crippen molar-refractivity contribution in [2.75, 3.05) is 11.1 Å². The Morgan fingerprint density at radius 2 is 2.05 bits per heavy atom. The van der Waals surface area contributed by atoms with Crippen molar-refractivity contribution in [3.8, 4) is 0 Å². The van der Waals surface area contributed by atoms with Crippen LogP contribution in [0, 0.1) is 12.3 Å². The minimum Gasteiger partial charge on any atom is -0.397 e. The van der Waals surface area contributed by atoms with E-state index in [2.05, 4.69) is 28.2 Å². The zero-order valence-electron chi connectivity index (χ0n) is 11.6. The maximum atomic E-state index is 12.6. The number of aryl methyl sites for hydroxylation is 1. The molecular formula is C15H21BrN2O. The number of anilines is 2. The molecule has 1 aromatic carbocycles. The van der Waals surface area contributed by atoms with E-state index in [9.17, 15) is 4.79 Å². The van der Waals surface area contributed by atoms with Crippen molar-refractivity contribution >= 4 is 33.2 Å². The quantitative estimate of drug-likeness (QED) is 0.816. The molecule has 0 radical (unpaired) electrons. The average Bonchev–Trinajstić information content (AvgIpc) is 2.83. The Hall–Kier alpha value is -1.03. The van der Waals surface area contributed by atoms with Crippen LogP contribution in [0.3, 0.4) is 0 Å². The molecule has 19 heavy (non-hydrogen) atoms. The van der Waals surface area contributed by atoms with Crippen molar-refractivity contribution in [1.29, 1.82) is 0 Å². The Morgan fingerprint density at radius 1 is 1.42 bits per heavy atom. The third kappa shape index (κ3) is 2.78. The minimum atomic E-state index is -0.198. The summed E-state index contributed by atoms with van der Waals surface area (Å²) in [6, 6.07) is 3.85. The van der Waals surface area contributed by atoms with Crippen LogP contribution in [0.1, 0.15) is 44.6 Å². The van der Waals surface area contributed by atoms with Crippen molar-refractivity contribution in [3.63, 3.8) is 0 Å². The first-order valence-electron chi connectivity index (χ1n) is 6.85. The van der Waals surface area contributed by atoms with Crippen molar-refractivity contribution < 1.29 is 4.79 Å². The zero-order valence-corrected chi connectivity index (χ0v) is 13.1. The topological polar surface area (TPSA) is 55.1 Å². The molecule has 3 nitrogen and oxygen atoms in total. The molecule has 1 saturated carbocycles. The van der Waals surface area contributed by atoms with Gasteiger partial charge in [0.1, 0.15) is 0 Å². The van der Waals surface area contributed by atoms with Crippen LogP contribution < -0.4 is 11.1 Å². The van der Waals surface area contributed by atoms with Crippen LogP contribution in [0.2, 0.25) is 0 Å². The van der Waals surface area contributed by atoms with Gasteiger partial charge in [0.2, 0.25) is 5.91 Å². The van der Waals surface area contributed by atoms with Gasteiger partial charge >= 0.3 is 0 Å². The third-order valence-corrected chi connectivity index (χ3v) is 4.85. The van der Waals surface area contributed by atoms with Crippen LogP contribution in [-0.4, -0.2) is 5.91 Å². The summed E-state index contributed by atoms with van der Waals surface area (Å²) in [6.07, 6.45) is 5.15. The first-order chi connectivity index (χ1) is 8.98. The number of carbonyl (C=O) groups is 1. The van der Waals surface area contributed by atoms with E-state index in [0.29, 0.717) is 11.4 Å². The fourth-order valence-electron chi connectivity index (χ4n) is 2.94. The van der Waals surface area contributed by atoms with Gasteiger partial charge < -0.3 is 11.1 Å². The molecule has 0 saturated heterocycles. The summed E-state index contributed by atoms with van der Waals surface area (Å²) in [4.78, 5) is 12.6. The molecular weight excluding hydrogens is 304 g/mol. The lowest BCUT2D eigenvalue weighted by Gasteiger charge is -2.26. The second kappa shape index (κ2) is 5.53. The minimum absolute atomic E-state index is 0.115. The number of rotatable bonds is 3. The molecule has 0 heterocycles. The highest BCUT2D eigenvalue weighted by Gasteiger charge is 2.39. The molecule has 0 unspecified atom stereocenters. The van der Waals surface area contributed by atoms with Gasteiger partial charge in [0.25, 0.3) is 0 Å². The van der Waals surface area contributed by atoms with Gasteiger partial charge in [0.05, 0.1) is 11.4 Å². The predicted octanol–water partition coefficient (Wildman–Crippen LogP) is 4.25. The van der Waals surface area contributed by atoms with Crippen LogP contribution in [-0.2, 0) is 4.79 Å². The number of nitrogens with one attached hydrogen (secondary N) is 1. The standard InChI is InChI=1S/C15H21BrN2O/c1-3-15(6-4-5-7-15)14(19)18-13-11(16)8-10(2)9-12(13)17/h8-9H,3-7,17H2,1-2H3,(H,18,19). The van der Waals surface area contributed by atoms with E-state index >= 15 is 0 Å². The van der Waals surface area contributed by atoms with Crippen LogP contribution in [0.25, 0.3) is 0 Å². The Labute approximate surface area is 123 Å². The van der Waals surface area contributed by atoms with E-state index in [1.807, 2.05) is 19.1 Å². The van der Waals surface area contributed by atoms with Crippen LogP contribution >= 0.6 is 15.9 Å². The lowest BCUT2D eigenvalue weighted by Crippen LogP contribution is -2.33. The number of hydrogen-bond donors (Lipinski definition) is 2. The SMILES string of the molecule is CCC1(C(=O)Nc2c(N)cc(C)cc2Br)CCCC1. The normalized spacial score (nSPS) is 17.4. The van der Waals surface area contributed by atoms with E-state index in [4.69, 9.17) is 5.73 Å². The summed E-state index contributed by atoms with van der Waals surface area (Å²) in [5.41, 5.74) is 8.21. The Balaban J connectivity index is 2.24. The van der Waals surface area contributed by atoms with Crippen LogP contribution in [0.5, 0.6) is 0 Å². The maximum Gasteiger partial charge on any atom is 0.230 e.